The van der Waals surface area contributed by atoms with Gasteiger partial charge in [0.25, 0.3) is 0 Å². The van der Waals surface area contributed by atoms with Crippen molar-refractivity contribution in [2.45, 2.75) is 13.0 Å². The molecule has 0 aliphatic heterocycles. The average Bonchev–Trinajstić information content (AvgIpc) is 1.90. The van der Waals surface area contributed by atoms with E-state index in [1.54, 1.807) is 0 Å². The third-order valence-electron chi connectivity index (χ3n) is 1.33. The van der Waals surface area contributed by atoms with Crippen molar-refractivity contribution < 1.29 is 0 Å². The molecule has 2 N–H and O–H groups in total. The molecule has 1 aromatic rings. The Balaban J connectivity index is 0.000000810. The van der Waals surface area contributed by atoms with Crippen molar-refractivity contribution in [1.82, 2.24) is 0 Å². The van der Waals surface area contributed by atoms with Gasteiger partial charge in [-0.3, -0.25) is 0 Å². The van der Waals surface area contributed by atoms with E-state index in [2.05, 4.69) is 0 Å². The fraction of sp³-hybridized carbons (Fsp3) is 0.250. The van der Waals surface area contributed by atoms with Crippen LogP contribution in [0.4, 0.5) is 0 Å². The molecule has 0 unspecified atom stereocenters. The molecule has 0 spiro atoms. The van der Waals surface area contributed by atoms with Crippen LogP contribution in [0.2, 0.25) is 0 Å². The summed E-state index contributed by atoms with van der Waals surface area (Å²) in [5, 5.41) is 0. The molecule has 0 aliphatic rings. The number of nitrogens with two attached hydrogens (primary N) is 1. The van der Waals surface area contributed by atoms with Crippen LogP contribution in [0.25, 0.3) is 0 Å². The van der Waals surface area contributed by atoms with E-state index in [1.165, 1.54) is 5.56 Å². The summed E-state index contributed by atoms with van der Waals surface area (Å²) < 4.78 is 0. The van der Waals surface area contributed by atoms with Gasteiger partial charge in [0.05, 0.1) is 0 Å². The third-order valence-corrected chi connectivity index (χ3v) is 1.33. The van der Waals surface area contributed by atoms with Gasteiger partial charge >= 0.3 is 0 Å². The highest BCUT2D eigenvalue weighted by atomic mass is 32.1. The molecule has 0 aromatic heterocycles. The predicted molar refractivity (Wildman–Crippen MR) is 49.4 cm³/mol. The average molecular weight is 155 g/mol. The van der Waals surface area contributed by atoms with Gasteiger partial charge in [-0.15, -0.1) is 0 Å². The van der Waals surface area contributed by atoms with Crippen LogP contribution in [0.15, 0.2) is 30.3 Å². The molecule has 0 amide bonds. The Bertz CT molecular complexity index is 172. The van der Waals surface area contributed by atoms with Crippen molar-refractivity contribution in [3.05, 3.63) is 35.9 Å². The Labute approximate surface area is 68.7 Å². The third kappa shape index (κ3) is 2.42. The maximum atomic E-state index is 5.61. The van der Waals surface area contributed by atoms with E-state index >= 15 is 0 Å². The van der Waals surface area contributed by atoms with Crippen LogP contribution in [-0.2, 0) is 0 Å². The first-order chi connectivity index (χ1) is 4.30. The summed E-state index contributed by atoms with van der Waals surface area (Å²) in [4.78, 5) is 0. The molecule has 0 radical (unpaired) electrons. The molecule has 0 heterocycles. The van der Waals surface area contributed by atoms with Crippen LogP contribution in [-0.4, -0.2) is 0 Å². The molecule has 0 bridgehead atoms. The zero-order valence-electron chi connectivity index (χ0n) is 6.04. The maximum Gasteiger partial charge on any atom is 0.0266 e. The molecule has 2 heteroatoms. The monoisotopic (exact) mass is 155 g/mol. The van der Waals surface area contributed by atoms with E-state index in [4.69, 9.17) is 5.73 Å². The molecule has 1 aromatic carbocycles. The smallest absolute Gasteiger partial charge is 0.0266 e. The first-order valence-electron chi connectivity index (χ1n) is 3.11. The minimum absolute atomic E-state index is 0. The molecular formula is C8H13NS. The summed E-state index contributed by atoms with van der Waals surface area (Å²) in [6.45, 7) is 1.98. The van der Waals surface area contributed by atoms with Crippen LogP contribution < -0.4 is 5.73 Å². The number of benzene rings is 1. The highest BCUT2D eigenvalue weighted by Gasteiger charge is 1.93. The number of hydrogen-bond donors (Lipinski definition) is 1. The second kappa shape index (κ2) is 4.36. The van der Waals surface area contributed by atoms with Gasteiger partial charge in [-0.2, -0.15) is 13.5 Å². The number of hydrogen-bond acceptors (Lipinski definition) is 1. The van der Waals surface area contributed by atoms with Gasteiger partial charge in [0.15, 0.2) is 0 Å². The van der Waals surface area contributed by atoms with Gasteiger partial charge in [0.1, 0.15) is 0 Å². The van der Waals surface area contributed by atoms with Gasteiger partial charge in [0, 0.05) is 6.04 Å². The SMILES string of the molecule is C[C@H](N)c1ccccc1.S. The lowest BCUT2D eigenvalue weighted by Crippen LogP contribution is -2.03. The lowest BCUT2D eigenvalue weighted by molar-refractivity contribution is 0.818. The second-order valence-electron chi connectivity index (χ2n) is 2.20. The van der Waals surface area contributed by atoms with Crippen molar-refractivity contribution in [3.8, 4) is 0 Å². The maximum absolute atomic E-state index is 5.61. The van der Waals surface area contributed by atoms with E-state index in [0.29, 0.717) is 0 Å². The van der Waals surface area contributed by atoms with Crippen LogP contribution in [0.5, 0.6) is 0 Å². The summed E-state index contributed by atoms with van der Waals surface area (Å²) in [7, 11) is 0. The minimum atomic E-state index is 0. The van der Waals surface area contributed by atoms with E-state index in [1.807, 2.05) is 37.3 Å². The molecule has 0 saturated heterocycles. The lowest BCUT2D eigenvalue weighted by Gasteiger charge is -2.02. The summed E-state index contributed by atoms with van der Waals surface area (Å²) in [6.07, 6.45) is 0. The Hall–Kier alpha value is -0.470. The summed E-state index contributed by atoms with van der Waals surface area (Å²) >= 11 is 0. The van der Waals surface area contributed by atoms with Gasteiger partial charge in [-0.25, -0.2) is 0 Å². The van der Waals surface area contributed by atoms with Crippen molar-refractivity contribution in [2.24, 2.45) is 5.73 Å². The summed E-state index contributed by atoms with van der Waals surface area (Å²) in [5.41, 5.74) is 6.81. The Kier molecular flexibility index (Phi) is 4.16. The second-order valence-corrected chi connectivity index (χ2v) is 2.20. The van der Waals surface area contributed by atoms with Crippen molar-refractivity contribution in [2.75, 3.05) is 0 Å². The highest BCUT2D eigenvalue weighted by molar-refractivity contribution is 7.59. The van der Waals surface area contributed by atoms with Crippen molar-refractivity contribution in [1.29, 1.82) is 0 Å². The molecule has 0 saturated carbocycles. The Morgan fingerprint density at radius 1 is 1.20 bits per heavy atom. The standard InChI is InChI=1S/C8H11N.H2S/c1-7(9)8-5-3-2-4-6-8;/h2-7H,9H2,1H3;1H2/t7-;/m0./s1. The van der Waals surface area contributed by atoms with Gasteiger partial charge in [-0.1, -0.05) is 30.3 Å². The van der Waals surface area contributed by atoms with E-state index < -0.39 is 0 Å². The molecule has 0 aliphatic carbocycles. The zero-order valence-corrected chi connectivity index (χ0v) is 7.04. The fourth-order valence-corrected chi connectivity index (χ4v) is 0.757. The van der Waals surface area contributed by atoms with E-state index in [-0.39, 0.29) is 19.5 Å². The summed E-state index contributed by atoms with van der Waals surface area (Å²) in [5.74, 6) is 0. The molecule has 10 heavy (non-hydrogen) atoms. The first-order valence-corrected chi connectivity index (χ1v) is 3.11. The molecule has 1 atom stereocenters. The summed E-state index contributed by atoms with van der Waals surface area (Å²) in [6, 6.07) is 10.2. The minimum Gasteiger partial charge on any atom is -0.324 e. The molecule has 56 valence electrons. The lowest BCUT2D eigenvalue weighted by atomic mass is 10.1. The van der Waals surface area contributed by atoms with Crippen LogP contribution >= 0.6 is 13.5 Å². The topological polar surface area (TPSA) is 26.0 Å². The molecule has 0 fully saturated rings. The van der Waals surface area contributed by atoms with Crippen LogP contribution in [0, 0.1) is 0 Å². The van der Waals surface area contributed by atoms with Crippen LogP contribution in [0.3, 0.4) is 0 Å². The molecule has 1 rings (SSSR count). The molecule has 1 nitrogen and oxygen atoms in total. The van der Waals surface area contributed by atoms with Gasteiger partial charge in [-0.05, 0) is 12.5 Å². The fourth-order valence-electron chi connectivity index (χ4n) is 0.757. The Morgan fingerprint density at radius 3 is 2.00 bits per heavy atom. The van der Waals surface area contributed by atoms with E-state index in [9.17, 15) is 0 Å². The van der Waals surface area contributed by atoms with Gasteiger partial charge in [0.2, 0.25) is 0 Å². The highest BCUT2D eigenvalue weighted by Crippen LogP contribution is 2.06. The predicted octanol–water partition coefficient (Wildman–Crippen LogP) is 1.82. The van der Waals surface area contributed by atoms with E-state index in [0.717, 1.165) is 0 Å². The quantitative estimate of drug-likeness (QED) is 0.657. The van der Waals surface area contributed by atoms with Crippen molar-refractivity contribution in [3.63, 3.8) is 0 Å². The largest absolute Gasteiger partial charge is 0.324 e. The normalized spacial score (nSPS) is 11.8. The van der Waals surface area contributed by atoms with Crippen molar-refractivity contribution >= 4 is 13.5 Å². The molecular weight excluding hydrogens is 142 g/mol. The Morgan fingerprint density at radius 2 is 1.70 bits per heavy atom. The van der Waals surface area contributed by atoms with Gasteiger partial charge < -0.3 is 5.73 Å². The first kappa shape index (κ1) is 9.53. The van der Waals surface area contributed by atoms with Crippen LogP contribution in [0.1, 0.15) is 18.5 Å². The number of rotatable bonds is 1. The zero-order chi connectivity index (χ0) is 6.69.